The Morgan fingerprint density at radius 3 is 2.14 bits per heavy atom. The van der Waals surface area contributed by atoms with Crippen molar-refractivity contribution in [3.8, 4) is 0 Å². The van der Waals surface area contributed by atoms with Crippen LogP contribution in [0.15, 0.2) is 41.9 Å². The normalized spacial score (nSPS) is 9.67. The van der Waals surface area contributed by atoms with E-state index < -0.39 is 0 Å². The molecule has 0 saturated carbocycles. The van der Waals surface area contributed by atoms with Crippen LogP contribution < -0.4 is 5.32 Å². The number of nitrogens with zero attached hydrogens (tertiary/aromatic N) is 4. The molecule has 0 saturated heterocycles. The van der Waals surface area contributed by atoms with Crippen molar-refractivity contribution in [1.29, 1.82) is 0 Å². The van der Waals surface area contributed by atoms with Gasteiger partial charge in [0.15, 0.2) is 0 Å². The number of nitrogens with one attached hydrogen (secondary N) is 1. The van der Waals surface area contributed by atoms with Gasteiger partial charge in [-0.05, 0) is 52.9 Å². The van der Waals surface area contributed by atoms with E-state index in [4.69, 9.17) is 34.8 Å². The van der Waals surface area contributed by atoms with E-state index in [9.17, 15) is 0 Å². The minimum Gasteiger partial charge on any atom is -0.323 e. The van der Waals surface area contributed by atoms with Crippen LogP contribution in [0.1, 0.15) is 0 Å². The second-order valence-corrected chi connectivity index (χ2v) is 5.27. The molecule has 21 heavy (non-hydrogen) atoms. The summed E-state index contributed by atoms with van der Waals surface area (Å²) >= 11 is 18.7. The Balaban J connectivity index is 0.000000272. The Hall–Kier alpha value is -1.47. The van der Waals surface area contributed by atoms with Gasteiger partial charge in [-0.25, -0.2) is 4.37 Å². The zero-order chi connectivity index (χ0) is 15.1. The van der Waals surface area contributed by atoms with E-state index in [1.807, 2.05) is 23.6 Å². The third-order valence-corrected chi connectivity index (χ3v) is 3.24. The van der Waals surface area contributed by atoms with Gasteiger partial charge in [0.05, 0.1) is 10.7 Å². The minimum atomic E-state index is 0.0227. The first-order chi connectivity index (χ1) is 10.1. The molecular weight excluding hydrogens is 353 g/mol. The van der Waals surface area contributed by atoms with Gasteiger partial charge in [0.1, 0.15) is 0 Å². The van der Waals surface area contributed by atoms with Gasteiger partial charge in [0.2, 0.25) is 16.5 Å². The highest BCUT2D eigenvalue weighted by molar-refractivity contribution is 7.03. The topological polar surface area (TPSA) is 63.6 Å². The fourth-order valence-electron chi connectivity index (χ4n) is 1.24. The van der Waals surface area contributed by atoms with Gasteiger partial charge in [-0.1, -0.05) is 23.7 Å². The first-order valence-corrected chi connectivity index (χ1v) is 7.55. The molecular formula is C12H8Cl3N5S. The molecule has 108 valence electrons. The van der Waals surface area contributed by atoms with Crippen molar-refractivity contribution in [2.24, 2.45) is 0 Å². The molecule has 0 atom stereocenters. The molecule has 1 N–H and O–H groups in total. The van der Waals surface area contributed by atoms with E-state index in [1.165, 1.54) is 11.5 Å². The zero-order valence-electron chi connectivity index (χ0n) is 10.4. The van der Waals surface area contributed by atoms with Crippen LogP contribution in [-0.2, 0) is 0 Å². The number of halogens is 3. The molecule has 0 aliphatic heterocycles. The number of hydrogen-bond acceptors (Lipinski definition) is 6. The third kappa shape index (κ3) is 5.43. The summed E-state index contributed by atoms with van der Waals surface area (Å²) in [5.74, 6) is 0.248. The van der Waals surface area contributed by atoms with Crippen LogP contribution in [0.25, 0.3) is 0 Å². The maximum Gasteiger partial charge on any atom is 0.232 e. The van der Waals surface area contributed by atoms with E-state index in [1.54, 1.807) is 18.3 Å². The summed E-state index contributed by atoms with van der Waals surface area (Å²) in [4.78, 5) is 11.4. The Kier molecular flexibility index (Phi) is 6.13. The quantitative estimate of drug-likeness (QED) is 0.716. The number of anilines is 2. The average Bonchev–Trinajstić information content (AvgIpc) is 2.99. The van der Waals surface area contributed by atoms with E-state index in [0.29, 0.717) is 10.7 Å². The molecule has 9 heteroatoms. The molecule has 0 unspecified atom stereocenters. The van der Waals surface area contributed by atoms with Crippen molar-refractivity contribution in [2.75, 3.05) is 5.32 Å². The molecule has 0 aliphatic carbocycles. The fraction of sp³-hybridized carbons (Fsp3) is 0. The summed E-state index contributed by atoms with van der Waals surface area (Å²) in [7, 11) is 0. The number of para-hydroxylation sites is 1. The standard InChI is InChI=1S/C9H5Cl3N4.C3H3NS/c10-5-3-1-2-4-6(5)13-9-15-7(11)14-8(12)16-9;1-2-4-5-3-1/h1-4H,(H,13,14,15,16);1-3H. The van der Waals surface area contributed by atoms with Crippen molar-refractivity contribution in [3.63, 3.8) is 0 Å². The van der Waals surface area contributed by atoms with Crippen LogP contribution in [0.3, 0.4) is 0 Å². The Labute approximate surface area is 140 Å². The Morgan fingerprint density at radius 1 is 0.905 bits per heavy atom. The molecule has 3 aromatic rings. The molecule has 0 spiro atoms. The molecule has 0 radical (unpaired) electrons. The van der Waals surface area contributed by atoms with Crippen molar-refractivity contribution in [2.45, 2.75) is 0 Å². The molecule has 5 nitrogen and oxygen atoms in total. The fourth-order valence-corrected chi connectivity index (χ4v) is 2.14. The maximum atomic E-state index is 5.95. The molecule has 0 fully saturated rings. The molecule has 0 amide bonds. The van der Waals surface area contributed by atoms with Crippen LogP contribution in [-0.4, -0.2) is 19.3 Å². The van der Waals surface area contributed by atoms with E-state index in [2.05, 4.69) is 24.6 Å². The monoisotopic (exact) mass is 359 g/mol. The summed E-state index contributed by atoms with van der Waals surface area (Å²) in [5.41, 5.74) is 0.669. The Morgan fingerprint density at radius 2 is 1.62 bits per heavy atom. The molecule has 0 aliphatic rings. The second kappa shape index (κ2) is 8.09. The lowest BCUT2D eigenvalue weighted by Gasteiger charge is -2.06. The summed E-state index contributed by atoms with van der Waals surface area (Å²) in [6, 6.07) is 9.09. The van der Waals surface area contributed by atoms with E-state index in [0.717, 1.165) is 0 Å². The number of benzene rings is 1. The number of aromatic nitrogens is 4. The van der Waals surface area contributed by atoms with Crippen LogP contribution >= 0.6 is 46.3 Å². The van der Waals surface area contributed by atoms with Gasteiger partial charge in [0, 0.05) is 11.6 Å². The van der Waals surface area contributed by atoms with Gasteiger partial charge >= 0.3 is 0 Å². The predicted molar refractivity (Wildman–Crippen MR) is 86.7 cm³/mol. The van der Waals surface area contributed by atoms with Gasteiger partial charge in [-0.2, -0.15) is 15.0 Å². The average molecular weight is 361 g/mol. The SMILES string of the molecule is Clc1nc(Cl)nc(Nc2ccccc2Cl)n1.c1cnsc1. The zero-order valence-corrected chi connectivity index (χ0v) is 13.5. The highest BCUT2D eigenvalue weighted by Gasteiger charge is 2.05. The summed E-state index contributed by atoms with van der Waals surface area (Å²) in [6.07, 6.45) is 1.77. The highest BCUT2D eigenvalue weighted by atomic mass is 35.5. The summed E-state index contributed by atoms with van der Waals surface area (Å²) in [6.45, 7) is 0. The lowest BCUT2D eigenvalue weighted by molar-refractivity contribution is 1.05. The number of rotatable bonds is 2. The number of hydrogen-bond donors (Lipinski definition) is 1. The largest absolute Gasteiger partial charge is 0.323 e. The lowest BCUT2D eigenvalue weighted by Crippen LogP contribution is -1.99. The molecule has 1 aromatic carbocycles. The van der Waals surface area contributed by atoms with Crippen molar-refractivity contribution < 1.29 is 0 Å². The van der Waals surface area contributed by atoms with Crippen molar-refractivity contribution in [3.05, 3.63) is 57.5 Å². The van der Waals surface area contributed by atoms with E-state index in [-0.39, 0.29) is 16.5 Å². The molecule has 0 bridgehead atoms. The Bertz CT molecular complexity index is 656. The first-order valence-electron chi connectivity index (χ1n) is 5.58. The molecule has 2 aromatic heterocycles. The van der Waals surface area contributed by atoms with Crippen LogP contribution in [0.5, 0.6) is 0 Å². The van der Waals surface area contributed by atoms with Crippen molar-refractivity contribution >= 4 is 58.0 Å². The molecule has 2 heterocycles. The van der Waals surface area contributed by atoms with E-state index >= 15 is 0 Å². The van der Waals surface area contributed by atoms with Gasteiger partial charge in [-0.15, -0.1) is 0 Å². The van der Waals surface area contributed by atoms with Gasteiger partial charge in [0.25, 0.3) is 0 Å². The summed E-state index contributed by atoms with van der Waals surface area (Å²) < 4.78 is 3.76. The van der Waals surface area contributed by atoms with Gasteiger partial charge in [-0.3, -0.25) is 0 Å². The van der Waals surface area contributed by atoms with Crippen molar-refractivity contribution in [1.82, 2.24) is 19.3 Å². The minimum absolute atomic E-state index is 0.0227. The second-order valence-electron chi connectivity index (χ2n) is 3.49. The van der Waals surface area contributed by atoms with Crippen LogP contribution in [0, 0.1) is 0 Å². The smallest absolute Gasteiger partial charge is 0.232 e. The predicted octanol–water partition coefficient (Wildman–Crippen LogP) is 4.72. The van der Waals surface area contributed by atoms with Gasteiger partial charge < -0.3 is 5.32 Å². The first kappa shape index (κ1) is 15.9. The van der Waals surface area contributed by atoms with Crippen LogP contribution in [0.2, 0.25) is 15.6 Å². The highest BCUT2D eigenvalue weighted by Crippen LogP contribution is 2.23. The lowest BCUT2D eigenvalue weighted by atomic mass is 10.3. The third-order valence-electron chi connectivity index (χ3n) is 2.05. The maximum absolute atomic E-state index is 5.95. The van der Waals surface area contributed by atoms with Crippen LogP contribution in [0.4, 0.5) is 11.6 Å². The summed E-state index contributed by atoms with van der Waals surface area (Å²) in [5, 5.41) is 5.42. The molecule has 3 rings (SSSR count).